The van der Waals surface area contributed by atoms with Gasteiger partial charge in [0.2, 0.25) is 0 Å². The average Bonchev–Trinajstić information content (AvgIpc) is 1.98. The predicted molar refractivity (Wildman–Crippen MR) is 56.4 cm³/mol. The second-order valence-electron chi connectivity index (χ2n) is 3.09. The lowest BCUT2D eigenvalue weighted by Crippen LogP contribution is -2.11. The van der Waals surface area contributed by atoms with Crippen molar-refractivity contribution in [3.63, 3.8) is 0 Å². The molecule has 0 N–H and O–H groups in total. The van der Waals surface area contributed by atoms with Crippen LogP contribution in [0.4, 0.5) is 0 Å². The fourth-order valence-corrected chi connectivity index (χ4v) is 1.70. The minimum atomic E-state index is -3.79. The molecule has 0 amide bonds. The Kier molecular flexibility index (Phi) is 3.36. The highest BCUT2D eigenvalue weighted by atomic mass is 35.5. The maximum absolute atomic E-state index is 11.3. The van der Waals surface area contributed by atoms with Crippen LogP contribution in [0.1, 0.15) is 15.9 Å². The molecule has 0 unspecified atom stereocenters. The van der Waals surface area contributed by atoms with Crippen LogP contribution in [0, 0.1) is 6.92 Å². The van der Waals surface area contributed by atoms with Gasteiger partial charge < -0.3 is 4.18 Å². The van der Waals surface area contributed by atoms with E-state index in [9.17, 15) is 13.2 Å². The second kappa shape index (κ2) is 4.20. The van der Waals surface area contributed by atoms with Crippen molar-refractivity contribution in [2.24, 2.45) is 0 Å². The highest BCUT2D eigenvalue weighted by Gasteiger charge is 2.14. The summed E-state index contributed by atoms with van der Waals surface area (Å²) in [5.74, 6) is -0.928. The third-order valence-corrected chi connectivity index (χ3v) is 2.18. The van der Waals surface area contributed by atoms with Gasteiger partial charge in [0, 0.05) is 5.02 Å². The molecular formula is C9H9ClO4S. The number of carbonyl (C=O) groups is 1. The lowest BCUT2D eigenvalue weighted by molar-refractivity contribution is 0.0748. The van der Waals surface area contributed by atoms with Gasteiger partial charge in [0.05, 0.1) is 11.8 Å². The SMILES string of the molecule is Cc1cc(Cl)cc(C(=O)OS(C)(=O)=O)c1. The van der Waals surface area contributed by atoms with E-state index in [1.165, 1.54) is 12.1 Å². The topological polar surface area (TPSA) is 60.4 Å². The summed E-state index contributed by atoms with van der Waals surface area (Å²) >= 11 is 5.71. The molecule has 0 aliphatic heterocycles. The minimum Gasteiger partial charge on any atom is -0.341 e. The van der Waals surface area contributed by atoms with Gasteiger partial charge in [0.15, 0.2) is 0 Å². The van der Waals surface area contributed by atoms with E-state index in [0.717, 1.165) is 11.8 Å². The molecule has 0 radical (unpaired) electrons. The molecule has 1 aromatic carbocycles. The van der Waals surface area contributed by atoms with Gasteiger partial charge >= 0.3 is 16.1 Å². The van der Waals surface area contributed by atoms with Crippen molar-refractivity contribution in [1.82, 2.24) is 0 Å². The molecule has 0 saturated heterocycles. The van der Waals surface area contributed by atoms with Crippen LogP contribution in [0.25, 0.3) is 0 Å². The zero-order valence-corrected chi connectivity index (χ0v) is 9.72. The first-order valence-corrected chi connectivity index (χ1v) is 6.18. The summed E-state index contributed by atoms with van der Waals surface area (Å²) in [6.45, 7) is 1.74. The Bertz CT molecular complexity index is 473. The van der Waals surface area contributed by atoms with Gasteiger partial charge in [0.1, 0.15) is 0 Å². The fourth-order valence-electron chi connectivity index (χ4n) is 1.04. The van der Waals surface area contributed by atoms with E-state index in [-0.39, 0.29) is 5.56 Å². The summed E-state index contributed by atoms with van der Waals surface area (Å²) in [5.41, 5.74) is 0.869. The van der Waals surface area contributed by atoms with Gasteiger partial charge in [-0.05, 0) is 30.7 Å². The van der Waals surface area contributed by atoms with Crippen molar-refractivity contribution in [1.29, 1.82) is 0 Å². The molecule has 0 fully saturated rings. The van der Waals surface area contributed by atoms with Crippen LogP contribution < -0.4 is 0 Å². The standard InChI is InChI=1S/C9H9ClO4S/c1-6-3-7(5-8(10)4-6)9(11)14-15(2,12)13/h3-5H,1-2H3. The Hall–Kier alpha value is -1.07. The van der Waals surface area contributed by atoms with Crippen LogP contribution in [-0.2, 0) is 14.3 Å². The Morgan fingerprint density at radius 3 is 2.40 bits per heavy atom. The minimum absolute atomic E-state index is 0.116. The maximum Gasteiger partial charge on any atom is 0.353 e. The number of rotatable bonds is 2. The lowest BCUT2D eigenvalue weighted by Gasteiger charge is -2.03. The van der Waals surface area contributed by atoms with Crippen molar-refractivity contribution in [2.75, 3.05) is 6.26 Å². The second-order valence-corrected chi connectivity index (χ2v) is 5.10. The van der Waals surface area contributed by atoms with E-state index in [1.807, 2.05) is 0 Å². The summed E-state index contributed by atoms with van der Waals surface area (Å²) in [6, 6.07) is 4.50. The molecule has 82 valence electrons. The molecule has 0 spiro atoms. The highest BCUT2D eigenvalue weighted by molar-refractivity contribution is 7.86. The lowest BCUT2D eigenvalue weighted by atomic mass is 10.1. The fraction of sp³-hybridized carbons (Fsp3) is 0.222. The first-order valence-electron chi connectivity index (χ1n) is 3.99. The van der Waals surface area contributed by atoms with E-state index < -0.39 is 16.1 Å². The number of carbonyl (C=O) groups excluding carboxylic acids is 1. The molecule has 1 rings (SSSR count). The normalized spacial score (nSPS) is 11.1. The third kappa shape index (κ3) is 3.89. The van der Waals surface area contributed by atoms with Crippen LogP contribution in [0.2, 0.25) is 5.02 Å². The molecule has 0 aliphatic carbocycles. The molecule has 0 heterocycles. The van der Waals surface area contributed by atoms with Crippen molar-refractivity contribution >= 4 is 27.7 Å². The van der Waals surface area contributed by atoms with E-state index in [0.29, 0.717) is 5.02 Å². The Morgan fingerprint density at radius 2 is 1.93 bits per heavy atom. The van der Waals surface area contributed by atoms with E-state index in [1.54, 1.807) is 13.0 Å². The van der Waals surface area contributed by atoms with Gasteiger partial charge in [-0.15, -0.1) is 0 Å². The van der Waals surface area contributed by atoms with Crippen LogP contribution in [0.5, 0.6) is 0 Å². The number of hydrogen-bond donors (Lipinski definition) is 0. The van der Waals surface area contributed by atoms with Gasteiger partial charge in [-0.25, -0.2) is 4.79 Å². The van der Waals surface area contributed by atoms with Gasteiger partial charge in [-0.2, -0.15) is 8.42 Å². The molecule has 15 heavy (non-hydrogen) atoms. The summed E-state index contributed by atoms with van der Waals surface area (Å²) < 4.78 is 25.6. The van der Waals surface area contributed by atoms with Crippen LogP contribution in [-0.4, -0.2) is 20.6 Å². The molecule has 0 atom stereocenters. The van der Waals surface area contributed by atoms with Crippen molar-refractivity contribution in [2.45, 2.75) is 6.92 Å². The number of benzene rings is 1. The molecule has 0 saturated carbocycles. The smallest absolute Gasteiger partial charge is 0.341 e. The molecule has 4 nitrogen and oxygen atoms in total. The summed E-state index contributed by atoms with van der Waals surface area (Å²) in [5, 5.41) is 0.357. The van der Waals surface area contributed by atoms with Gasteiger partial charge in [-0.3, -0.25) is 0 Å². The van der Waals surface area contributed by atoms with Gasteiger partial charge in [-0.1, -0.05) is 11.6 Å². The average molecular weight is 249 g/mol. The zero-order chi connectivity index (χ0) is 11.6. The van der Waals surface area contributed by atoms with Gasteiger partial charge in [0.25, 0.3) is 0 Å². The molecule has 0 aromatic heterocycles. The first-order chi connectivity index (χ1) is 6.78. The molecule has 0 aliphatic rings. The highest BCUT2D eigenvalue weighted by Crippen LogP contribution is 2.15. The van der Waals surface area contributed by atoms with Crippen LogP contribution in [0.15, 0.2) is 18.2 Å². The summed E-state index contributed by atoms with van der Waals surface area (Å²) in [7, 11) is -3.79. The summed E-state index contributed by atoms with van der Waals surface area (Å²) in [4.78, 5) is 11.3. The zero-order valence-electron chi connectivity index (χ0n) is 8.15. The predicted octanol–water partition coefficient (Wildman–Crippen LogP) is 1.76. The molecule has 6 heteroatoms. The number of aryl methyl sites for hydroxylation is 1. The summed E-state index contributed by atoms with van der Waals surface area (Å²) in [6.07, 6.45) is 0.808. The molecule has 1 aromatic rings. The number of hydrogen-bond acceptors (Lipinski definition) is 4. The van der Waals surface area contributed by atoms with Crippen molar-refractivity contribution in [3.8, 4) is 0 Å². The monoisotopic (exact) mass is 248 g/mol. The largest absolute Gasteiger partial charge is 0.353 e. The van der Waals surface area contributed by atoms with Crippen molar-refractivity contribution in [3.05, 3.63) is 34.3 Å². The van der Waals surface area contributed by atoms with E-state index in [4.69, 9.17) is 11.6 Å². The Balaban J connectivity index is 3.02. The van der Waals surface area contributed by atoms with E-state index in [2.05, 4.69) is 4.18 Å². The maximum atomic E-state index is 11.3. The quantitative estimate of drug-likeness (QED) is 0.749. The Labute approximate surface area is 92.9 Å². The first kappa shape index (κ1) is 12.0. The number of halogens is 1. The molecule has 0 bridgehead atoms. The molecular weight excluding hydrogens is 240 g/mol. The third-order valence-electron chi connectivity index (χ3n) is 1.50. The van der Waals surface area contributed by atoms with Crippen LogP contribution in [0.3, 0.4) is 0 Å². The van der Waals surface area contributed by atoms with Crippen molar-refractivity contribution < 1.29 is 17.4 Å². The van der Waals surface area contributed by atoms with E-state index >= 15 is 0 Å². The van der Waals surface area contributed by atoms with Crippen LogP contribution >= 0.6 is 11.6 Å². The Morgan fingerprint density at radius 1 is 1.33 bits per heavy atom.